The van der Waals surface area contributed by atoms with E-state index < -0.39 is 23.4 Å². The van der Waals surface area contributed by atoms with Crippen LogP contribution in [0.2, 0.25) is 0 Å². The minimum Gasteiger partial charge on any atom is -0.347 e. The molecular weight excluding hydrogens is 366 g/mol. The van der Waals surface area contributed by atoms with Gasteiger partial charge in [0.25, 0.3) is 0 Å². The smallest absolute Gasteiger partial charge is 0.313 e. The third kappa shape index (κ3) is 5.00. The van der Waals surface area contributed by atoms with Crippen molar-refractivity contribution in [3.05, 3.63) is 83.9 Å². The molecule has 28 heavy (non-hydrogen) atoms. The van der Waals surface area contributed by atoms with Crippen LogP contribution in [0.15, 0.2) is 60.9 Å². The van der Waals surface area contributed by atoms with Gasteiger partial charge in [0.1, 0.15) is 17.5 Å². The molecule has 6 nitrogen and oxygen atoms in total. The molecule has 144 valence electrons. The summed E-state index contributed by atoms with van der Waals surface area (Å²) in [5, 5.41) is 4.57. The molecule has 2 aromatic carbocycles. The normalized spacial score (nSPS) is 10.5. The van der Waals surface area contributed by atoms with Gasteiger partial charge in [-0.2, -0.15) is 0 Å². The summed E-state index contributed by atoms with van der Waals surface area (Å²) in [5.74, 6) is -2.91. The third-order valence-electron chi connectivity index (χ3n) is 4.02. The van der Waals surface area contributed by atoms with Crippen LogP contribution in [-0.4, -0.2) is 27.9 Å². The van der Waals surface area contributed by atoms with Gasteiger partial charge < -0.3 is 15.2 Å². The number of carbonyl (C=O) groups excluding carboxylic acids is 2. The molecule has 0 unspecified atom stereocenters. The molecule has 0 saturated carbocycles. The fraction of sp³-hybridized carbons (Fsp3) is 0.150. The van der Waals surface area contributed by atoms with Crippen molar-refractivity contribution in [3.63, 3.8) is 0 Å². The highest BCUT2D eigenvalue weighted by Crippen LogP contribution is 2.14. The third-order valence-corrected chi connectivity index (χ3v) is 4.02. The molecule has 0 aliphatic heterocycles. The predicted octanol–water partition coefficient (Wildman–Crippen LogP) is 2.51. The van der Waals surface area contributed by atoms with Gasteiger partial charge in [-0.25, -0.2) is 13.8 Å². The van der Waals surface area contributed by atoms with Crippen LogP contribution in [0.25, 0.3) is 0 Å². The molecule has 0 spiro atoms. The molecule has 3 aromatic rings. The number of imidazole rings is 1. The molecule has 3 rings (SSSR count). The summed E-state index contributed by atoms with van der Waals surface area (Å²) in [4.78, 5) is 28.0. The average Bonchev–Trinajstić information content (AvgIpc) is 3.11. The zero-order valence-corrected chi connectivity index (χ0v) is 14.9. The molecular formula is C20H18F2N4O2. The maximum absolute atomic E-state index is 13.5. The maximum Gasteiger partial charge on any atom is 0.313 e. The second kappa shape index (κ2) is 8.90. The van der Waals surface area contributed by atoms with Crippen LogP contribution in [0.1, 0.15) is 11.4 Å². The Morgan fingerprint density at radius 1 is 1.04 bits per heavy atom. The van der Waals surface area contributed by atoms with E-state index in [9.17, 15) is 18.4 Å². The largest absolute Gasteiger partial charge is 0.347 e. The van der Waals surface area contributed by atoms with E-state index in [1.54, 1.807) is 6.20 Å². The number of rotatable bonds is 6. The van der Waals surface area contributed by atoms with Gasteiger partial charge in [0, 0.05) is 38.0 Å². The minimum absolute atomic E-state index is 0.184. The van der Waals surface area contributed by atoms with E-state index in [0.717, 1.165) is 23.5 Å². The quantitative estimate of drug-likeness (QED) is 0.641. The van der Waals surface area contributed by atoms with Gasteiger partial charge in [-0.15, -0.1) is 0 Å². The van der Waals surface area contributed by atoms with Gasteiger partial charge in [-0.05, 0) is 17.7 Å². The Labute approximate surface area is 160 Å². The van der Waals surface area contributed by atoms with Crippen LogP contribution in [0.3, 0.4) is 0 Å². The zero-order chi connectivity index (χ0) is 19.9. The summed E-state index contributed by atoms with van der Waals surface area (Å²) in [5.41, 5.74) is 0.853. The molecule has 8 heteroatoms. The molecule has 1 heterocycles. The SMILES string of the molecule is O=C(NCCc1nccn1Cc1ccccc1)C(=O)Nc1ccc(F)cc1F. The van der Waals surface area contributed by atoms with Crippen LogP contribution in [0.5, 0.6) is 0 Å². The van der Waals surface area contributed by atoms with Crippen molar-refractivity contribution in [3.8, 4) is 0 Å². The monoisotopic (exact) mass is 384 g/mol. The van der Waals surface area contributed by atoms with Crippen molar-refractivity contribution in [1.82, 2.24) is 14.9 Å². The fourth-order valence-corrected chi connectivity index (χ4v) is 2.63. The number of anilines is 1. The van der Waals surface area contributed by atoms with E-state index in [4.69, 9.17) is 0 Å². The molecule has 0 saturated heterocycles. The second-order valence-electron chi connectivity index (χ2n) is 6.04. The number of benzene rings is 2. The Hall–Kier alpha value is -3.55. The first-order chi connectivity index (χ1) is 13.5. The summed E-state index contributed by atoms with van der Waals surface area (Å²) >= 11 is 0. The van der Waals surface area contributed by atoms with E-state index in [-0.39, 0.29) is 12.2 Å². The first-order valence-electron chi connectivity index (χ1n) is 8.61. The minimum atomic E-state index is -1.03. The molecule has 0 radical (unpaired) electrons. The number of nitrogens with zero attached hydrogens (tertiary/aromatic N) is 2. The van der Waals surface area contributed by atoms with Gasteiger partial charge >= 0.3 is 11.8 Å². The van der Waals surface area contributed by atoms with E-state index >= 15 is 0 Å². The second-order valence-corrected chi connectivity index (χ2v) is 6.04. The van der Waals surface area contributed by atoms with E-state index in [0.29, 0.717) is 19.0 Å². The van der Waals surface area contributed by atoms with Crippen LogP contribution < -0.4 is 10.6 Å². The Morgan fingerprint density at radius 3 is 2.57 bits per heavy atom. The number of hydrogen-bond donors (Lipinski definition) is 2. The summed E-state index contributed by atoms with van der Waals surface area (Å²) in [6.07, 6.45) is 3.93. The highest BCUT2D eigenvalue weighted by atomic mass is 19.1. The van der Waals surface area contributed by atoms with Crippen molar-refractivity contribution in [1.29, 1.82) is 0 Å². The number of aromatic nitrogens is 2. The highest BCUT2D eigenvalue weighted by Gasteiger charge is 2.16. The Morgan fingerprint density at radius 2 is 1.82 bits per heavy atom. The molecule has 2 N–H and O–H groups in total. The van der Waals surface area contributed by atoms with Crippen LogP contribution in [0.4, 0.5) is 14.5 Å². The first kappa shape index (κ1) is 19.2. The molecule has 0 aliphatic rings. The maximum atomic E-state index is 13.5. The fourth-order valence-electron chi connectivity index (χ4n) is 2.63. The molecule has 1 aromatic heterocycles. The lowest BCUT2D eigenvalue weighted by atomic mass is 10.2. The number of nitrogens with one attached hydrogen (secondary N) is 2. The number of halogens is 2. The highest BCUT2D eigenvalue weighted by molar-refractivity contribution is 6.39. The summed E-state index contributed by atoms with van der Waals surface area (Å²) in [6, 6.07) is 12.5. The van der Waals surface area contributed by atoms with E-state index in [1.165, 1.54) is 0 Å². The summed E-state index contributed by atoms with van der Waals surface area (Å²) < 4.78 is 28.4. The molecule has 0 atom stereocenters. The molecule has 0 bridgehead atoms. The van der Waals surface area contributed by atoms with Gasteiger partial charge in [-0.3, -0.25) is 9.59 Å². The van der Waals surface area contributed by atoms with Crippen molar-refractivity contribution in [2.24, 2.45) is 0 Å². The standard InChI is InChI=1S/C20H18F2N4O2/c21-15-6-7-17(16(22)12-15)25-20(28)19(27)24-9-8-18-23-10-11-26(18)13-14-4-2-1-3-5-14/h1-7,10-12H,8-9,13H2,(H,24,27)(H,25,28). The molecule has 0 aliphatic carbocycles. The molecule has 0 fully saturated rings. The van der Waals surface area contributed by atoms with Gasteiger partial charge in [0.15, 0.2) is 0 Å². The predicted molar refractivity (Wildman–Crippen MR) is 99.5 cm³/mol. The van der Waals surface area contributed by atoms with Crippen LogP contribution in [-0.2, 0) is 22.6 Å². The van der Waals surface area contributed by atoms with Crippen molar-refractivity contribution < 1.29 is 18.4 Å². The van der Waals surface area contributed by atoms with Crippen LogP contribution >= 0.6 is 0 Å². The molecule has 2 amide bonds. The summed E-state index contributed by atoms with van der Waals surface area (Å²) in [6.45, 7) is 0.832. The van der Waals surface area contributed by atoms with Crippen LogP contribution in [0, 0.1) is 11.6 Å². The van der Waals surface area contributed by atoms with E-state index in [2.05, 4.69) is 15.6 Å². The van der Waals surface area contributed by atoms with Gasteiger partial charge in [-0.1, -0.05) is 30.3 Å². The van der Waals surface area contributed by atoms with Crippen molar-refractivity contribution in [2.75, 3.05) is 11.9 Å². The zero-order valence-electron chi connectivity index (χ0n) is 14.9. The topological polar surface area (TPSA) is 76.0 Å². The average molecular weight is 384 g/mol. The Kier molecular flexibility index (Phi) is 6.11. The van der Waals surface area contributed by atoms with E-state index in [1.807, 2.05) is 41.1 Å². The number of hydrogen-bond acceptors (Lipinski definition) is 3. The lowest BCUT2D eigenvalue weighted by Crippen LogP contribution is -2.36. The first-order valence-corrected chi connectivity index (χ1v) is 8.61. The lowest BCUT2D eigenvalue weighted by Gasteiger charge is -2.09. The van der Waals surface area contributed by atoms with Crippen molar-refractivity contribution in [2.45, 2.75) is 13.0 Å². The number of amides is 2. The van der Waals surface area contributed by atoms with Gasteiger partial charge in [0.05, 0.1) is 5.69 Å². The Balaban J connectivity index is 1.50. The lowest BCUT2D eigenvalue weighted by molar-refractivity contribution is -0.136. The Bertz CT molecular complexity index is 973. The number of carbonyl (C=O) groups is 2. The van der Waals surface area contributed by atoms with Gasteiger partial charge in [0.2, 0.25) is 0 Å². The summed E-state index contributed by atoms with van der Waals surface area (Å²) in [7, 11) is 0. The van der Waals surface area contributed by atoms with Crippen molar-refractivity contribution >= 4 is 17.5 Å².